The van der Waals surface area contributed by atoms with Crippen molar-refractivity contribution in [3.8, 4) is 17.2 Å². The molecule has 1 aromatic heterocycles. The van der Waals surface area contributed by atoms with Gasteiger partial charge in [0.25, 0.3) is 0 Å². The summed E-state index contributed by atoms with van der Waals surface area (Å²) in [6, 6.07) is 12.9. The van der Waals surface area contributed by atoms with E-state index < -0.39 is 42.1 Å². The van der Waals surface area contributed by atoms with Crippen molar-refractivity contribution in [3.05, 3.63) is 71.3 Å². The molecule has 0 amide bonds. The largest absolute Gasteiger partial charge is 0.507 e. The first-order valence-corrected chi connectivity index (χ1v) is 28.2. The molecule has 54 heavy (non-hydrogen) atoms. The van der Waals surface area contributed by atoms with E-state index in [-0.39, 0.29) is 51.8 Å². The topological polar surface area (TPSA) is 214 Å². The van der Waals surface area contributed by atoms with E-state index in [1.807, 2.05) is 0 Å². The molecule has 0 radical (unpaired) electrons. The highest BCUT2D eigenvalue weighted by molar-refractivity contribution is 6.76. The lowest BCUT2D eigenvalue weighted by molar-refractivity contribution is 0.0553. The van der Waals surface area contributed by atoms with Crippen molar-refractivity contribution in [2.75, 3.05) is 34.6 Å². The molecule has 15 nitrogen and oxygen atoms in total. The fourth-order valence-corrected chi connectivity index (χ4v) is 6.05. The van der Waals surface area contributed by atoms with E-state index in [0.717, 1.165) is 0 Å². The van der Waals surface area contributed by atoms with Gasteiger partial charge in [-0.05, 0) is 36.4 Å². The van der Waals surface area contributed by atoms with Crippen LogP contribution in [0.3, 0.4) is 0 Å². The number of esters is 3. The van der Waals surface area contributed by atoms with Gasteiger partial charge in [-0.15, -0.1) is 0 Å². The number of carbonyl (C=O) groups is 3. The van der Waals surface area contributed by atoms with Crippen LogP contribution in [0.15, 0.2) is 54.6 Å². The van der Waals surface area contributed by atoms with Crippen LogP contribution in [0.5, 0.6) is 17.2 Å². The third kappa shape index (κ3) is 12.6. The molecule has 0 aliphatic rings. The molecule has 0 aliphatic heterocycles. The van der Waals surface area contributed by atoms with Crippen molar-refractivity contribution in [2.45, 2.75) is 58.9 Å². The lowest BCUT2D eigenvalue weighted by Gasteiger charge is -2.16. The SMILES string of the molecule is C[Si](C)(C)COC(=O)c1ccc(Nc2nc(Nc3ccc(C(=O)OC[Si](C)(C)C)c(O)c3)nc(Nc3ccc(C(=O)OC[Si](C)(C)C)c(O)c3)n2)cc1O. The first kappa shape index (κ1) is 41.3. The lowest BCUT2D eigenvalue weighted by Crippen LogP contribution is -2.29. The highest BCUT2D eigenvalue weighted by atomic mass is 28.3. The second-order valence-electron chi connectivity index (χ2n) is 16.3. The third-order valence-electron chi connectivity index (χ3n) is 6.97. The second-order valence-corrected chi connectivity index (χ2v) is 32.5. The third-order valence-corrected chi connectivity index (χ3v) is 10.00. The number of rotatable bonds is 15. The number of anilines is 6. The molecule has 0 saturated carbocycles. The summed E-state index contributed by atoms with van der Waals surface area (Å²) >= 11 is 0. The Labute approximate surface area is 317 Å². The fraction of sp³-hybridized carbons (Fsp3) is 0.333. The Morgan fingerprint density at radius 1 is 0.481 bits per heavy atom. The number of nitrogens with zero attached hydrogens (tertiary/aromatic N) is 3. The number of carbonyl (C=O) groups excluding carboxylic acids is 3. The van der Waals surface area contributed by atoms with Crippen LogP contribution in [-0.2, 0) is 14.2 Å². The van der Waals surface area contributed by atoms with Gasteiger partial charge in [0.05, 0.1) is 42.9 Å². The van der Waals surface area contributed by atoms with E-state index in [9.17, 15) is 29.7 Å². The molecule has 0 bridgehead atoms. The van der Waals surface area contributed by atoms with Gasteiger partial charge in [0.2, 0.25) is 17.8 Å². The van der Waals surface area contributed by atoms with E-state index in [1.54, 1.807) is 18.2 Å². The van der Waals surface area contributed by atoms with Crippen LogP contribution in [0.1, 0.15) is 31.1 Å². The molecule has 0 fully saturated rings. The molecular weight excluding hydrogens is 745 g/mol. The Bertz CT molecular complexity index is 1790. The van der Waals surface area contributed by atoms with Crippen molar-refractivity contribution in [1.29, 1.82) is 0 Å². The van der Waals surface area contributed by atoms with Gasteiger partial charge in [0.15, 0.2) is 0 Å². The number of ether oxygens (including phenoxy) is 3. The number of phenolic OH excluding ortho intramolecular Hbond substituents is 3. The van der Waals surface area contributed by atoms with Gasteiger partial charge < -0.3 is 45.5 Å². The molecule has 3 aromatic carbocycles. The molecular formula is C36H48N6O9Si3. The van der Waals surface area contributed by atoms with Crippen LogP contribution in [0.4, 0.5) is 34.9 Å². The van der Waals surface area contributed by atoms with E-state index >= 15 is 0 Å². The van der Waals surface area contributed by atoms with Gasteiger partial charge in [-0.2, -0.15) is 15.0 Å². The van der Waals surface area contributed by atoms with E-state index in [2.05, 4.69) is 89.8 Å². The Kier molecular flexibility index (Phi) is 12.8. The zero-order chi connectivity index (χ0) is 40.0. The smallest absolute Gasteiger partial charge is 0.341 e. The van der Waals surface area contributed by atoms with Gasteiger partial charge in [0, 0.05) is 35.3 Å². The highest BCUT2D eigenvalue weighted by Gasteiger charge is 2.22. The predicted octanol–water partition coefficient (Wildman–Crippen LogP) is 7.32. The van der Waals surface area contributed by atoms with Crippen LogP contribution in [-0.4, -0.2) is 91.1 Å². The van der Waals surface area contributed by atoms with Crippen molar-refractivity contribution in [2.24, 2.45) is 0 Å². The van der Waals surface area contributed by atoms with Crippen LogP contribution in [0.2, 0.25) is 58.9 Å². The zero-order valence-corrected chi connectivity index (χ0v) is 35.0. The quantitative estimate of drug-likeness (QED) is 0.0395. The van der Waals surface area contributed by atoms with Crippen LogP contribution >= 0.6 is 0 Å². The summed E-state index contributed by atoms with van der Waals surface area (Å²) in [5, 5.41) is 41.0. The Morgan fingerprint density at radius 2 is 0.722 bits per heavy atom. The summed E-state index contributed by atoms with van der Waals surface area (Å²) in [6.07, 6.45) is 0.899. The Hall–Kier alpha value is -5.47. The normalized spacial score (nSPS) is 11.7. The summed E-state index contributed by atoms with van der Waals surface area (Å²) in [5.74, 6) is -2.89. The average molecular weight is 793 g/mol. The maximum absolute atomic E-state index is 12.6. The van der Waals surface area contributed by atoms with Crippen molar-refractivity contribution in [3.63, 3.8) is 0 Å². The second kappa shape index (κ2) is 16.7. The van der Waals surface area contributed by atoms with Gasteiger partial charge in [-0.1, -0.05) is 58.9 Å². The number of aromatic nitrogens is 3. The number of nitrogens with one attached hydrogen (secondary N) is 3. The molecule has 18 heteroatoms. The Balaban J connectivity index is 1.62. The standard InChI is InChI=1S/C36H48N6O9Si3/c1-52(2,3)19-49-31(46)25-13-10-22(16-28(25)43)37-34-40-35(38-23-11-14-26(29(44)17-23)32(47)50-20-53(4,5)6)42-36(41-34)39-24-12-15-27(30(45)18-24)33(48)51-21-54(7,8)9/h10-18,43-45H,19-21H2,1-9H3,(H3,37,38,39,40,41,42). The van der Waals surface area contributed by atoms with Gasteiger partial charge >= 0.3 is 17.9 Å². The Morgan fingerprint density at radius 3 is 0.926 bits per heavy atom. The summed E-state index contributed by atoms with van der Waals surface area (Å²) in [6.45, 7) is 18.5. The average Bonchev–Trinajstić information content (AvgIpc) is 3.04. The number of phenols is 3. The zero-order valence-electron chi connectivity index (χ0n) is 32.0. The van der Waals surface area contributed by atoms with Crippen LogP contribution in [0, 0.1) is 0 Å². The minimum absolute atomic E-state index is 0.000560. The molecule has 1 heterocycles. The van der Waals surface area contributed by atoms with Crippen molar-refractivity contribution in [1.82, 2.24) is 15.0 Å². The summed E-state index contributed by atoms with van der Waals surface area (Å²) < 4.78 is 16.2. The minimum Gasteiger partial charge on any atom is -0.507 e. The van der Waals surface area contributed by atoms with E-state index in [0.29, 0.717) is 35.8 Å². The lowest BCUT2D eigenvalue weighted by atomic mass is 10.2. The molecule has 0 spiro atoms. The number of hydrogen-bond donors (Lipinski definition) is 6. The number of aromatic hydroxyl groups is 3. The summed E-state index contributed by atoms with van der Waals surface area (Å²) in [7, 11) is -5.04. The molecule has 0 saturated heterocycles. The molecule has 288 valence electrons. The van der Waals surface area contributed by atoms with Crippen molar-refractivity contribution < 1.29 is 43.9 Å². The monoisotopic (exact) mass is 792 g/mol. The van der Waals surface area contributed by atoms with Gasteiger partial charge in [-0.3, -0.25) is 0 Å². The fourth-order valence-electron chi connectivity index (χ4n) is 4.36. The molecule has 0 atom stereocenters. The minimum atomic E-state index is -1.68. The van der Waals surface area contributed by atoms with Gasteiger partial charge in [-0.25, -0.2) is 14.4 Å². The number of hydrogen-bond acceptors (Lipinski definition) is 15. The van der Waals surface area contributed by atoms with Gasteiger partial charge in [0.1, 0.15) is 33.9 Å². The number of benzene rings is 3. The maximum Gasteiger partial charge on any atom is 0.341 e. The van der Waals surface area contributed by atoms with Crippen LogP contribution in [0.25, 0.3) is 0 Å². The highest BCUT2D eigenvalue weighted by Crippen LogP contribution is 2.29. The van der Waals surface area contributed by atoms with Crippen LogP contribution < -0.4 is 16.0 Å². The molecule has 6 N–H and O–H groups in total. The molecule has 4 aromatic rings. The molecule has 4 rings (SSSR count). The first-order valence-electron chi connectivity index (χ1n) is 17.1. The summed E-state index contributed by atoms with van der Waals surface area (Å²) in [5.41, 5.74) is 0.984. The van der Waals surface area contributed by atoms with Crippen molar-refractivity contribution >= 4 is 77.0 Å². The maximum atomic E-state index is 12.6. The van der Waals surface area contributed by atoms with E-state index in [4.69, 9.17) is 14.2 Å². The predicted molar refractivity (Wildman–Crippen MR) is 215 cm³/mol. The molecule has 0 aliphatic carbocycles. The molecule has 0 unspecified atom stereocenters. The summed E-state index contributed by atoms with van der Waals surface area (Å²) in [4.78, 5) is 51.1. The van der Waals surface area contributed by atoms with E-state index in [1.165, 1.54) is 36.4 Å². The first-order chi connectivity index (χ1) is 25.0.